The topological polar surface area (TPSA) is 54.9 Å². The first-order valence-corrected chi connectivity index (χ1v) is 8.07. The standard InChI is InChI=1S/C13H17N3OS2/c1-9(2)10(3)16-19(17)13-14-12(15-18-13)11-7-5-4-6-8-11/h4-10,16H,1-3H3. The van der Waals surface area contributed by atoms with Gasteiger partial charge < -0.3 is 0 Å². The molecule has 1 heterocycles. The van der Waals surface area contributed by atoms with E-state index in [-0.39, 0.29) is 6.04 Å². The van der Waals surface area contributed by atoms with Gasteiger partial charge in [0.2, 0.25) is 4.34 Å². The SMILES string of the molecule is CC(C)C(C)NS(=O)c1nc(-c2ccccc2)ns1. The maximum absolute atomic E-state index is 12.1. The summed E-state index contributed by atoms with van der Waals surface area (Å²) in [4.78, 5) is 4.34. The second-order valence-corrected chi connectivity index (χ2v) is 6.84. The van der Waals surface area contributed by atoms with Crippen molar-refractivity contribution < 1.29 is 4.21 Å². The number of rotatable bonds is 5. The Morgan fingerprint density at radius 1 is 1.21 bits per heavy atom. The van der Waals surface area contributed by atoms with Crippen molar-refractivity contribution in [2.75, 3.05) is 0 Å². The van der Waals surface area contributed by atoms with Gasteiger partial charge in [0.05, 0.1) is 0 Å². The molecule has 0 radical (unpaired) electrons. The Kier molecular flexibility index (Phi) is 4.79. The molecule has 0 bridgehead atoms. The van der Waals surface area contributed by atoms with Crippen LogP contribution in [0.15, 0.2) is 34.7 Å². The van der Waals surface area contributed by atoms with Crippen LogP contribution in [0.4, 0.5) is 0 Å². The van der Waals surface area contributed by atoms with Gasteiger partial charge in [0.1, 0.15) is 0 Å². The number of benzene rings is 1. The van der Waals surface area contributed by atoms with Crippen LogP contribution in [-0.2, 0) is 11.0 Å². The van der Waals surface area contributed by atoms with Crippen molar-refractivity contribution in [3.05, 3.63) is 30.3 Å². The van der Waals surface area contributed by atoms with Crippen molar-refractivity contribution in [2.45, 2.75) is 31.2 Å². The van der Waals surface area contributed by atoms with E-state index in [2.05, 4.69) is 27.9 Å². The third-order valence-corrected chi connectivity index (χ3v) is 5.07. The Bertz CT molecular complexity index is 554. The molecular weight excluding hydrogens is 278 g/mol. The van der Waals surface area contributed by atoms with Gasteiger partial charge in [-0.2, -0.15) is 4.37 Å². The van der Waals surface area contributed by atoms with Crippen LogP contribution in [0.25, 0.3) is 11.4 Å². The monoisotopic (exact) mass is 295 g/mol. The van der Waals surface area contributed by atoms with E-state index in [1.807, 2.05) is 37.3 Å². The molecule has 0 aliphatic rings. The molecule has 1 N–H and O–H groups in total. The lowest BCUT2D eigenvalue weighted by Crippen LogP contribution is -2.32. The van der Waals surface area contributed by atoms with E-state index in [1.165, 1.54) is 11.5 Å². The van der Waals surface area contributed by atoms with Gasteiger partial charge in [-0.1, -0.05) is 44.2 Å². The van der Waals surface area contributed by atoms with Gasteiger partial charge in [-0.15, -0.1) is 0 Å². The Balaban J connectivity index is 2.11. The number of aromatic nitrogens is 2. The highest BCUT2D eigenvalue weighted by Gasteiger charge is 2.16. The molecule has 1 aromatic carbocycles. The number of nitrogens with one attached hydrogen (secondary N) is 1. The summed E-state index contributed by atoms with van der Waals surface area (Å²) in [6.07, 6.45) is 0. The molecule has 2 atom stereocenters. The molecule has 0 saturated heterocycles. The van der Waals surface area contributed by atoms with Crippen LogP contribution in [0, 0.1) is 5.92 Å². The molecule has 4 nitrogen and oxygen atoms in total. The van der Waals surface area contributed by atoms with Crippen molar-refractivity contribution in [2.24, 2.45) is 5.92 Å². The first-order chi connectivity index (χ1) is 9.08. The molecule has 0 aliphatic carbocycles. The zero-order chi connectivity index (χ0) is 13.8. The lowest BCUT2D eigenvalue weighted by atomic mass is 10.1. The molecule has 0 spiro atoms. The van der Waals surface area contributed by atoms with E-state index in [0.29, 0.717) is 16.1 Å². The average molecular weight is 295 g/mol. The number of hydrogen-bond acceptors (Lipinski definition) is 4. The minimum Gasteiger partial charge on any atom is -0.235 e. The molecule has 0 amide bonds. The van der Waals surface area contributed by atoms with Gasteiger partial charge in [0.25, 0.3) is 0 Å². The minimum atomic E-state index is -1.29. The highest BCUT2D eigenvalue weighted by Crippen LogP contribution is 2.19. The fourth-order valence-electron chi connectivity index (χ4n) is 1.34. The molecule has 2 aromatic rings. The lowest BCUT2D eigenvalue weighted by Gasteiger charge is -2.15. The molecule has 1 aromatic heterocycles. The van der Waals surface area contributed by atoms with E-state index in [9.17, 15) is 4.21 Å². The maximum Gasteiger partial charge on any atom is 0.216 e. The Labute approximate surface area is 120 Å². The molecule has 2 rings (SSSR count). The van der Waals surface area contributed by atoms with Gasteiger partial charge >= 0.3 is 0 Å². The predicted octanol–water partition coefficient (Wildman–Crippen LogP) is 2.86. The second kappa shape index (κ2) is 6.36. The fourth-order valence-corrected chi connectivity index (χ4v) is 3.19. The molecule has 19 heavy (non-hydrogen) atoms. The van der Waals surface area contributed by atoms with Gasteiger partial charge in [-0.05, 0) is 24.4 Å². The summed E-state index contributed by atoms with van der Waals surface area (Å²) in [5.74, 6) is 1.05. The predicted molar refractivity (Wildman–Crippen MR) is 79.2 cm³/mol. The Hall–Kier alpha value is -1.11. The van der Waals surface area contributed by atoms with E-state index >= 15 is 0 Å². The fraction of sp³-hybridized carbons (Fsp3) is 0.385. The zero-order valence-corrected chi connectivity index (χ0v) is 12.8. The molecular formula is C13H17N3OS2. The summed E-state index contributed by atoms with van der Waals surface area (Å²) in [5.41, 5.74) is 0.943. The Morgan fingerprint density at radius 3 is 2.53 bits per heavy atom. The number of hydrogen-bond donors (Lipinski definition) is 1. The van der Waals surface area contributed by atoms with Crippen LogP contribution in [0.2, 0.25) is 0 Å². The molecule has 102 valence electrons. The molecule has 6 heteroatoms. The van der Waals surface area contributed by atoms with Crippen LogP contribution in [-0.4, -0.2) is 19.6 Å². The molecule has 2 unspecified atom stereocenters. The van der Waals surface area contributed by atoms with Crippen molar-refractivity contribution in [3.63, 3.8) is 0 Å². The largest absolute Gasteiger partial charge is 0.235 e. The van der Waals surface area contributed by atoms with Crippen molar-refractivity contribution in [3.8, 4) is 11.4 Å². The average Bonchev–Trinajstić information content (AvgIpc) is 2.89. The minimum absolute atomic E-state index is 0.171. The summed E-state index contributed by atoms with van der Waals surface area (Å²) in [7, 11) is -1.29. The van der Waals surface area contributed by atoms with E-state index in [4.69, 9.17) is 0 Å². The summed E-state index contributed by atoms with van der Waals surface area (Å²) in [6, 6.07) is 9.88. The smallest absolute Gasteiger partial charge is 0.216 e. The van der Waals surface area contributed by atoms with E-state index < -0.39 is 11.0 Å². The third kappa shape index (κ3) is 3.68. The van der Waals surface area contributed by atoms with E-state index in [0.717, 1.165) is 5.56 Å². The van der Waals surface area contributed by atoms with Gasteiger partial charge in [-0.3, -0.25) is 0 Å². The van der Waals surface area contributed by atoms with E-state index in [1.54, 1.807) is 0 Å². The van der Waals surface area contributed by atoms with Gasteiger partial charge in [0, 0.05) is 11.6 Å². The first-order valence-electron chi connectivity index (χ1n) is 6.15. The molecule has 0 aliphatic heterocycles. The zero-order valence-electron chi connectivity index (χ0n) is 11.2. The van der Waals surface area contributed by atoms with Crippen LogP contribution in [0.5, 0.6) is 0 Å². The van der Waals surface area contributed by atoms with Gasteiger partial charge in [-0.25, -0.2) is 13.9 Å². The summed E-state index contributed by atoms with van der Waals surface area (Å²) >= 11 is 1.18. The second-order valence-electron chi connectivity index (χ2n) is 4.67. The van der Waals surface area contributed by atoms with Crippen LogP contribution < -0.4 is 4.72 Å². The lowest BCUT2D eigenvalue weighted by molar-refractivity contribution is 0.493. The maximum atomic E-state index is 12.1. The first kappa shape index (κ1) is 14.3. The number of nitrogens with zero attached hydrogens (tertiary/aromatic N) is 2. The third-order valence-electron chi connectivity index (χ3n) is 2.89. The van der Waals surface area contributed by atoms with Gasteiger partial charge in [0.15, 0.2) is 16.8 Å². The summed E-state index contributed by atoms with van der Waals surface area (Å²) < 4.78 is 19.9. The van der Waals surface area contributed by atoms with Crippen LogP contribution in [0.3, 0.4) is 0 Å². The van der Waals surface area contributed by atoms with Crippen molar-refractivity contribution >= 4 is 22.5 Å². The van der Waals surface area contributed by atoms with Crippen LogP contribution in [0.1, 0.15) is 20.8 Å². The quantitative estimate of drug-likeness (QED) is 0.923. The van der Waals surface area contributed by atoms with Crippen molar-refractivity contribution in [1.29, 1.82) is 0 Å². The van der Waals surface area contributed by atoms with Crippen molar-refractivity contribution in [1.82, 2.24) is 14.1 Å². The molecule has 0 fully saturated rings. The molecule has 0 saturated carbocycles. The normalized spacial score (nSPS) is 14.5. The van der Waals surface area contributed by atoms with Crippen LogP contribution >= 0.6 is 11.5 Å². The summed E-state index contributed by atoms with van der Waals surface area (Å²) in [6.45, 7) is 6.19. The highest BCUT2D eigenvalue weighted by molar-refractivity contribution is 7.85. The highest BCUT2D eigenvalue weighted by atomic mass is 32.2. The summed E-state index contributed by atoms with van der Waals surface area (Å²) in [5, 5.41) is 0. The Morgan fingerprint density at radius 2 is 1.89 bits per heavy atom.